The fourth-order valence-electron chi connectivity index (χ4n) is 2.94. The molecule has 0 unspecified atom stereocenters. The summed E-state index contributed by atoms with van der Waals surface area (Å²) in [5, 5.41) is 10.2. The number of nitrogens with zero attached hydrogens (tertiary/aromatic N) is 4. The molecule has 0 radical (unpaired) electrons. The number of sulfonamides is 1. The van der Waals surface area contributed by atoms with Crippen LogP contribution in [0.25, 0.3) is 11.0 Å². The molecule has 1 N–H and O–H groups in total. The number of aromatic nitrogens is 2. The molecule has 1 saturated heterocycles. The van der Waals surface area contributed by atoms with Crippen LogP contribution in [-0.4, -0.2) is 77.6 Å². The lowest BCUT2D eigenvalue weighted by Crippen LogP contribution is -2.33. The van der Waals surface area contributed by atoms with Crippen molar-refractivity contribution >= 4 is 27.0 Å². The van der Waals surface area contributed by atoms with E-state index >= 15 is 0 Å². The minimum Gasteiger partial charge on any atom is -0.391 e. The molecule has 3 rings (SSSR count). The number of hydrogen-bond acceptors (Lipinski definition) is 6. The molecule has 2 aromatic rings. The first-order chi connectivity index (χ1) is 11.8. The van der Waals surface area contributed by atoms with Crippen LogP contribution in [-0.2, 0) is 10.0 Å². The van der Waals surface area contributed by atoms with Crippen LogP contribution >= 0.6 is 0 Å². The van der Waals surface area contributed by atoms with Crippen LogP contribution in [0.4, 0.5) is 0 Å². The Kier molecular flexibility index (Phi) is 4.72. The Hall–Kier alpha value is -2.10. The molecule has 0 bridgehead atoms. The van der Waals surface area contributed by atoms with Gasteiger partial charge in [-0.1, -0.05) is 6.07 Å². The lowest BCUT2D eigenvalue weighted by Gasteiger charge is -2.18. The Morgan fingerprint density at radius 3 is 2.72 bits per heavy atom. The Morgan fingerprint density at radius 1 is 1.28 bits per heavy atom. The maximum atomic E-state index is 12.8. The first-order valence-corrected chi connectivity index (χ1v) is 9.48. The SMILES string of the molecule is CN(C)S(=O)(=O)C[C@@H]1CN(C(=O)c2cccc3nccnc23)C[C@@H]1O. The lowest BCUT2D eigenvalue weighted by molar-refractivity contribution is 0.0766. The number of carbonyl (C=O) groups is 1. The summed E-state index contributed by atoms with van der Waals surface area (Å²) in [6.45, 7) is 0.285. The van der Waals surface area contributed by atoms with Gasteiger partial charge in [0.05, 0.1) is 22.9 Å². The third-order valence-corrected chi connectivity index (χ3v) is 6.37. The zero-order valence-electron chi connectivity index (χ0n) is 14.0. The Bertz CT molecular complexity index is 895. The first-order valence-electron chi connectivity index (χ1n) is 7.87. The van der Waals surface area contributed by atoms with Crippen molar-refractivity contribution in [2.24, 2.45) is 5.92 Å². The molecular weight excluding hydrogens is 344 g/mol. The standard InChI is InChI=1S/C16H20N4O4S/c1-19(2)25(23,24)10-11-8-20(9-14(11)21)16(22)12-4-3-5-13-15(12)18-7-6-17-13/h3-7,11,14,21H,8-10H2,1-2H3/t11-,14-/m0/s1. The highest BCUT2D eigenvalue weighted by atomic mass is 32.2. The molecule has 1 aromatic carbocycles. The maximum absolute atomic E-state index is 12.8. The zero-order chi connectivity index (χ0) is 18.2. The molecule has 0 saturated carbocycles. The largest absolute Gasteiger partial charge is 0.391 e. The molecule has 2 heterocycles. The summed E-state index contributed by atoms with van der Waals surface area (Å²) in [6, 6.07) is 5.16. The number of fused-ring (bicyclic) bond motifs is 1. The average Bonchev–Trinajstić information content (AvgIpc) is 2.93. The van der Waals surface area contributed by atoms with Crippen molar-refractivity contribution in [1.82, 2.24) is 19.2 Å². The van der Waals surface area contributed by atoms with E-state index in [1.54, 1.807) is 24.4 Å². The van der Waals surface area contributed by atoms with E-state index in [0.29, 0.717) is 16.6 Å². The molecule has 1 aliphatic rings. The number of amides is 1. The van der Waals surface area contributed by atoms with Gasteiger partial charge in [0.25, 0.3) is 5.91 Å². The zero-order valence-corrected chi connectivity index (χ0v) is 14.8. The summed E-state index contributed by atoms with van der Waals surface area (Å²) in [5.41, 5.74) is 1.50. The third-order valence-electron chi connectivity index (χ3n) is 4.40. The summed E-state index contributed by atoms with van der Waals surface area (Å²) in [6.07, 6.45) is 2.20. The quantitative estimate of drug-likeness (QED) is 0.816. The Morgan fingerprint density at radius 2 is 2.00 bits per heavy atom. The molecule has 2 atom stereocenters. The number of aliphatic hydroxyl groups is 1. The highest BCUT2D eigenvalue weighted by Gasteiger charge is 2.38. The molecule has 1 aliphatic heterocycles. The molecule has 1 aromatic heterocycles. The van der Waals surface area contributed by atoms with E-state index in [0.717, 1.165) is 4.31 Å². The molecule has 134 valence electrons. The predicted molar refractivity (Wildman–Crippen MR) is 92.4 cm³/mol. The molecule has 1 fully saturated rings. The van der Waals surface area contributed by atoms with Gasteiger partial charge in [-0.3, -0.25) is 14.8 Å². The Balaban J connectivity index is 1.82. The van der Waals surface area contributed by atoms with Gasteiger partial charge in [-0.25, -0.2) is 12.7 Å². The normalized spacial score (nSPS) is 21.2. The van der Waals surface area contributed by atoms with Crippen molar-refractivity contribution in [3.63, 3.8) is 0 Å². The van der Waals surface area contributed by atoms with E-state index in [1.807, 2.05) is 0 Å². The predicted octanol–water partition coefficient (Wildman–Crippen LogP) is -0.0459. The van der Waals surface area contributed by atoms with Crippen LogP contribution < -0.4 is 0 Å². The van der Waals surface area contributed by atoms with E-state index < -0.39 is 22.0 Å². The molecule has 25 heavy (non-hydrogen) atoms. The molecule has 0 spiro atoms. The molecule has 9 heteroatoms. The van der Waals surface area contributed by atoms with Crippen LogP contribution in [0.1, 0.15) is 10.4 Å². The van der Waals surface area contributed by atoms with Gasteiger partial charge in [0, 0.05) is 45.5 Å². The molecule has 0 aliphatic carbocycles. The van der Waals surface area contributed by atoms with Gasteiger partial charge in [-0.2, -0.15) is 0 Å². The van der Waals surface area contributed by atoms with Crippen LogP contribution in [0.3, 0.4) is 0 Å². The fourth-order valence-corrected chi connectivity index (χ4v) is 4.11. The number of hydrogen-bond donors (Lipinski definition) is 1. The van der Waals surface area contributed by atoms with Gasteiger partial charge in [-0.05, 0) is 12.1 Å². The number of rotatable bonds is 4. The molecular formula is C16H20N4O4S. The third kappa shape index (κ3) is 3.48. The number of likely N-dealkylation sites (tertiary alicyclic amines) is 1. The average molecular weight is 364 g/mol. The van der Waals surface area contributed by atoms with Gasteiger partial charge >= 0.3 is 0 Å². The van der Waals surface area contributed by atoms with E-state index in [1.165, 1.54) is 25.2 Å². The lowest BCUT2D eigenvalue weighted by atomic mass is 10.1. The number of para-hydroxylation sites is 1. The first kappa shape index (κ1) is 17.7. The summed E-state index contributed by atoms with van der Waals surface area (Å²) in [7, 11) is -0.544. The van der Waals surface area contributed by atoms with Gasteiger partial charge in [0.2, 0.25) is 10.0 Å². The summed E-state index contributed by atoms with van der Waals surface area (Å²) in [4.78, 5) is 22.7. The summed E-state index contributed by atoms with van der Waals surface area (Å²) < 4.78 is 25.2. The van der Waals surface area contributed by atoms with Crippen molar-refractivity contribution in [1.29, 1.82) is 0 Å². The van der Waals surface area contributed by atoms with E-state index in [-0.39, 0.29) is 24.7 Å². The summed E-state index contributed by atoms with van der Waals surface area (Å²) in [5.74, 6) is -0.993. The second kappa shape index (κ2) is 6.66. The minimum absolute atomic E-state index is 0.100. The second-order valence-electron chi connectivity index (χ2n) is 6.33. The molecule has 1 amide bonds. The summed E-state index contributed by atoms with van der Waals surface area (Å²) >= 11 is 0. The highest BCUT2D eigenvalue weighted by molar-refractivity contribution is 7.89. The van der Waals surface area contributed by atoms with Crippen molar-refractivity contribution in [3.05, 3.63) is 36.2 Å². The van der Waals surface area contributed by atoms with Gasteiger partial charge < -0.3 is 10.0 Å². The fraction of sp³-hybridized carbons (Fsp3) is 0.438. The van der Waals surface area contributed by atoms with E-state index in [2.05, 4.69) is 9.97 Å². The van der Waals surface area contributed by atoms with Crippen molar-refractivity contribution < 1.29 is 18.3 Å². The van der Waals surface area contributed by atoms with E-state index in [4.69, 9.17) is 0 Å². The van der Waals surface area contributed by atoms with Gasteiger partial charge in [0.1, 0.15) is 5.52 Å². The van der Waals surface area contributed by atoms with Crippen LogP contribution in [0.2, 0.25) is 0 Å². The number of benzene rings is 1. The topological polar surface area (TPSA) is 104 Å². The van der Waals surface area contributed by atoms with Crippen molar-refractivity contribution in [2.75, 3.05) is 32.9 Å². The number of β-amino-alcohol motifs (C(OH)–C–C–N with tert-alkyl or cyclic N) is 1. The smallest absolute Gasteiger partial charge is 0.256 e. The van der Waals surface area contributed by atoms with Crippen LogP contribution in [0, 0.1) is 5.92 Å². The monoisotopic (exact) mass is 364 g/mol. The Labute approximate surface area is 146 Å². The van der Waals surface area contributed by atoms with Gasteiger partial charge in [0.15, 0.2) is 0 Å². The van der Waals surface area contributed by atoms with Crippen molar-refractivity contribution in [2.45, 2.75) is 6.10 Å². The number of carbonyl (C=O) groups excluding carboxylic acids is 1. The molecule has 8 nitrogen and oxygen atoms in total. The number of aliphatic hydroxyl groups excluding tert-OH is 1. The van der Waals surface area contributed by atoms with Crippen LogP contribution in [0.15, 0.2) is 30.6 Å². The van der Waals surface area contributed by atoms with Crippen LogP contribution in [0.5, 0.6) is 0 Å². The maximum Gasteiger partial charge on any atom is 0.256 e. The van der Waals surface area contributed by atoms with Gasteiger partial charge in [-0.15, -0.1) is 0 Å². The second-order valence-corrected chi connectivity index (χ2v) is 8.56. The minimum atomic E-state index is -3.45. The van der Waals surface area contributed by atoms with Crippen molar-refractivity contribution in [3.8, 4) is 0 Å². The van der Waals surface area contributed by atoms with E-state index in [9.17, 15) is 18.3 Å². The highest BCUT2D eigenvalue weighted by Crippen LogP contribution is 2.23.